The van der Waals surface area contributed by atoms with Gasteiger partial charge in [0, 0.05) is 5.69 Å². The van der Waals surface area contributed by atoms with Gasteiger partial charge in [0.1, 0.15) is 6.54 Å². The zero-order chi connectivity index (χ0) is 13.6. The van der Waals surface area contributed by atoms with Crippen LogP contribution >= 0.6 is 0 Å². The molecular weight excluding hydrogens is 244 g/mol. The van der Waals surface area contributed by atoms with Crippen molar-refractivity contribution in [3.05, 3.63) is 29.8 Å². The molecule has 0 atom stereocenters. The maximum Gasteiger partial charge on any atom is 0.103 e. The summed E-state index contributed by atoms with van der Waals surface area (Å²) in [6.07, 6.45) is 8.58. The SMILES string of the molecule is N#CCNc1ccccc1C12CC3CC(CC(C3)C1)C2. The minimum absolute atomic E-state index is 0.406. The van der Waals surface area contributed by atoms with Crippen molar-refractivity contribution in [1.29, 1.82) is 5.26 Å². The molecule has 0 spiro atoms. The van der Waals surface area contributed by atoms with Gasteiger partial charge in [-0.25, -0.2) is 0 Å². The summed E-state index contributed by atoms with van der Waals surface area (Å²) in [6.45, 7) is 0.406. The zero-order valence-electron chi connectivity index (χ0n) is 11.9. The molecule has 1 aromatic carbocycles. The van der Waals surface area contributed by atoms with Crippen molar-refractivity contribution < 1.29 is 0 Å². The van der Waals surface area contributed by atoms with Gasteiger partial charge in [0.15, 0.2) is 0 Å². The van der Waals surface area contributed by atoms with Crippen LogP contribution in [-0.4, -0.2) is 6.54 Å². The topological polar surface area (TPSA) is 35.8 Å². The third-order valence-corrected chi connectivity index (χ3v) is 5.89. The summed E-state index contributed by atoms with van der Waals surface area (Å²) in [5, 5.41) is 12.2. The zero-order valence-corrected chi connectivity index (χ0v) is 11.9. The van der Waals surface area contributed by atoms with Crippen molar-refractivity contribution in [2.24, 2.45) is 17.8 Å². The van der Waals surface area contributed by atoms with E-state index in [4.69, 9.17) is 5.26 Å². The van der Waals surface area contributed by atoms with Crippen LogP contribution in [0.4, 0.5) is 5.69 Å². The van der Waals surface area contributed by atoms with Crippen LogP contribution in [0.2, 0.25) is 0 Å². The van der Waals surface area contributed by atoms with Crippen molar-refractivity contribution in [2.75, 3.05) is 11.9 Å². The van der Waals surface area contributed by atoms with E-state index in [2.05, 4.69) is 35.7 Å². The Morgan fingerprint density at radius 1 is 1.05 bits per heavy atom. The molecule has 1 aromatic rings. The maximum absolute atomic E-state index is 8.84. The molecule has 5 rings (SSSR count). The normalized spacial score (nSPS) is 37.6. The molecule has 104 valence electrons. The first-order chi connectivity index (χ1) is 9.79. The van der Waals surface area contributed by atoms with Gasteiger partial charge in [-0.1, -0.05) is 18.2 Å². The fourth-order valence-electron chi connectivity index (χ4n) is 5.67. The van der Waals surface area contributed by atoms with E-state index < -0.39 is 0 Å². The quantitative estimate of drug-likeness (QED) is 0.836. The minimum Gasteiger partial charge on any atom is -0.372 e. The molecule has 4 fully saturated rings. The Labute approximate surface area is 121 Å². The Balaban J connectivity index is 1.72. The number of benzene rings is 1. The van der Waals surface area contributed by atoms with E-state index in [9.17, 15) is 0 Å². The number of rotatable bonds is 3. The first kappa shape index (κ1) is 12.3. The molecule has 20 heavy (non-hydrogen) atoms. The number of nitriles is 1. The summed E-state index contributed by atoms with van der Waals surface area (Å²) >= 11 is 0. The van der Waals surface area contributed by atoms with E-state index in [1.807, 2.05) is 0 Å². The average molecular weight is 266 g/mol. The van der Waals surface area contributed by atoms with Gasteiger partial charge >= 0.3 is 0 Å². The van der Waals surface area contributed by atoms with Gasteiger partial charge in [0.2, 0.25) is 0 Å². The van der Waals surface area contributed by atoms with E-state index in [-0.39, 0.29) is 0 Å². The number of nitrogens with zero attached hydrogens (tertiary/aromatic N) is 1. The number of hydrogen-bond acceptors (Lipinski definition) is 2. The largest absolute Gasteiger partial charge is 0.372 e. The molecule has 4 aliphatic carbocycles. The highest BCUT2D eigenvalue weighted by Crippen LogP contribution is 2.61. The molecule has 0 radical (unpaired) electrons. The molecule has 0 amide bonds. The van der Waals surface area contributed by atoms with Gasteiger partial charge in [-0.15, -0.1) is 0 Å². The monoisotopic (exact) mass is 266 g/mol. The van der Waals surface area contributed by atoms with Gasteiger partial charge in [-0.2, -0.15) is 5.26 Å². The van der Waals surface area contributed by atoms with Crippen molar-refractivity contribution >= 4 is 5.69 Å². The lowest BCUT2D eigenvalue weighted by Crippen LogP contribution is -2.48. The highest BCUT2D eigenvalue weighted by Gasteiger charge is 2.52. The van der Waals surface area contributed by atoms with Crippen LogP contribution in [0.3, 0.4) is 0 Å². The Morgan fingerprint density at radius 3 is 2.25 bits per heavy atom. The van der Waals surface area contributed by atoms with Crippen LogP contribution in [0.25, 0.3) is 0 Å². The highest BCUT2D eigenvalue weighted by molar-refractivity contribution is 5.56. The predicted molar refractivity (Wildman–Crippen MR) is 80.4 cm³/mol. The molecule has 4 bridgehead atoms. The summed E-state index contributed by atoms with van der Waals surface area (Å²) in [6, 6.07) is 10.9. The molecule has 2 heteroatoms. The molecule has 0 unspecified atom stereocenters. The lowest BCUT2D eigenvalue weighted by Gasteiger charge is -2.57. The van der Waals surface area contributed by atoms with Crippen LogP contribution in [0, 0.1) is 29.1 Å². The summed E-state index contributed by atoms with van der Waals surface area (Å²) in [5.74, 6) is 2.89. The number of hydrogen-bond donors (Lipinski definition) is 1. The number of para-hydroxylation sites is 1. The molecule has 0 aliphatic heterocycles. The minimum atomic E-state index is 0.406. The molecule has 4 aliphatic rings. The standard InChI is InChI=1S/C18H22N2/c19-5-6-20-17-4-2-1-3-16(17)18-10-13-7-14(11-18)9-15(8-13)12-18/h1-4,13-15,20H,6-12H2. The van der Waals surface area contributed by atoms with E-state index in [0.717, 1.165) is 17.8 Å². The lowest BCUT2D eigenvalue weighted by atomic mass is 9.48. The Hall–Kier alpha value is -1.49. The fraction of sp³-hybridized carbons (Fsp3) is 0.611. The molecular formula is C18H22N2. The van der Waals surface area contributed by atoms with Crippen LogP contribution in [0.1, 0.15) is 44.1 Å². The van der Waals surface area contributed by atoms with Gasteiger partial charge in [-0.3, -0.25) is 0 Å². The van der Waals surface area contributed by atoms with Gasteiger partial charge in [0.25, 0.3) is 0 Å². The molecule has 4 saturated carbocycles. The third-order valence-electron chi connectivity index (χ3n) is 5.89. The third kappa shape index (κ3) is 1.84. The van der Waals surface area contributed by atoms with E-state index in [1.54, 1.807) is 0 Å². The van der Waals surface area contributed by atoms with Crippen LogP contribution in [-0.2, 0) is 5.41 Å². The molecule has 2 nitrogen and oxygen atoms in total. The van der Waals surface area contributed by atoms with Crippen molar-refractivity contribution in [2.45, 2.75) is 43.9 Å². The summed E-state index contributed by atoms with van der Waals surface area (Å²) < 4.78 is 0. The number of nitrogens with one attached hydrogen (secondary N) is 1. The van der Waals surface area contributed by atoms with Crippen molar-refractivity contribution in [3.8, 4) is 6.07 Å². The van der Waals surface area contributed by atoms with Crippen LogP contribution < -0.4 is 5.32 Å². The Bertz CT molecular complexity index is 519. The second kappa shape index (κ2) is 4.52. The molecule has 0 aromatic heterocycles. The van der Waals surface area contributed by atoms with Crippen LogP contribution in [0.5, 0.6) is 0 Å². The first-order valence-corrected chi connectivity index (χ1v) is 7.99. The van der Waals surface area contributed by atoms with E-state index >= 15 is 0 Å². The lowest BCUT2D eigenvalue weighted by molar-refractivity contribution is -0.00486. The van der Waals surface area contributed by atoms with Gasteiger partial charge in [-0.05, 0) is 73.3 Å². The van der Waals surface area contributed by atoms with Crippen molar-refractivity contribution in [1.82, 2.24) is 0 Å². The van der Waals surface area contributed by atoms with Crippen LogP contribution in [0.15, 0.2) is 24.3 Å². The predicted octanol–water partition coefficient (Wildman–Crippen LogP) is 4.09. The highest BCUT2D eigenvalue weighted by atomic mass is 14.9. The maximum atomic E-state index is 8.84. The van der Waals surface area contributed by atoms with E-state index in [1.165, 1.54) is 49.8 Å². The van der Waals surface area contributed by atoms with Crippen molar-refractivity contribution in [3.63, 3.8) is 0 Å². The van der Waals surface area contributed by atoms with Gasteiger partial charge in [0.05, 0.1) is 6.07 Å². The number of anilines is 1. The molecule has 0 heterocycles. The molecule has 0 saturated heterocycles. The first-order valence-electron chi connectivity index (χ1n) is 7.99. The smallest absolute Gasteiger partial charge is 0.103 e. The summed E-state index contributed by atoms with van der Waals surface area (Å²) in [7, 11) is 0. The average Bonchev–Trinajstić information content (AvgIpc) is 2.44. The second-order valence-corrected chi connectivity index (χ2v) is 7.26. The van der Waals surface area contributed by atoms with E-state index in [0.29, 0.717) is 12.0 Å². The fourth-order valence-corrected chi connectivity index (χ4v) is 5.67. The second-order valence-electron chi connectivity index (χ2n) is 7.26. The Kier molecular flexibility index (Phi) is 2.77. The van der Waals surface area contributed by atoms with Gasteiger partial charge < -0.3 is 5.32 Å². The Morgan fingerprint density at radius 2 is 1.65 bits per heavy atom. The summed E-state index contributed by atoms with van der Waals surface area (Å²) in [5.41, 5.74) is 3.11. The molecule has 1 N–H and O–H groups in total. The summed E-state index contributed by atoms with van der Waals surface area (Å²) in [4.78, 5) is 0.